The van der Waals surface area contributed by atoms with E-state index in [-0.39, 0.29) is 29.0 Å². The van der Waals surface area contributed by atoms with Crippen LogP contribution in [0.2, 0.25) is 0 Å². The monoisotopic (exact) mass is 519 g/mol. The number of aromatic nitrogens is 6. The maximum Gasteiger partial charge on any atom is 0.418 e. The van der Waals surface area contributed by atoms with Gasteiger partial charge in [0.2, 0.25) is 0 Å². The van der Waals surface area contributed by atoms with Crippen molar-refractivity contribution < 1.29 is 26.3 Å². The molecule has 3 heterocycles. The minimum Gasteiger partial charge on any atom is -0.347 e. The zero-order chi connectivity index (χ0) is 26.4. The molecule has 1 unspecified atom stereocenters. The number of rotatable bonds is 6. The third-order valence-electron chi connectivity index (χ3n) is 6.14. The Balaban J connectivity index is 1.71. The summed E-state index contributed by atoms with van der Waals surface area (Å²) in [5.41, 5.74) is -2.76. The molecule has 5 rings (SSSR count). The summed E-state index contributed by atoms with van der Waals surface area (Å²) in [6.45, 7) is 2.08. The SMILES string of the molecule is CC(c1nccnc1-c1ncccn1)N(CC1CC1)c1ncnc2c(C(F)(F)F)cc(C(F)(F)F)cc12. The molecule has 13 heteroatoms. The smallest absolute Gasteiger partial charge is 0.347 e. The van der Waals surface area contributed by atoms with Gasteiger partial charge in [0.25, 0.3) is 0 Å². The van der Waals surface area contributed by atoms with Crippen LogP contribution in [0.5, 0.6) is 0 Å². The Labute approximate surface area is 206 Å². The van der Waals surface area contributed by atoms with Crippen molar-refractivity contribution in [2.45, 2.75) is 38.2 Å². The fraction of sp³-hybridized carbons (Fsp3) is 0.333. The number of benzene rings is 1. The first-order valence-corrected chi connectivity index (χ1v) is 11.3. The molecule has 0 amide bonds. The largest absolute Gasteiger partial charge is 0.418 e. The van der Waals surface area contributed by atoms with Crippen molar-refractivity contribution in [3.05, 3.63) is 66.1 Å². The number of alkyl halides is 6. The van der Waals surface area contributed by atoms with Crippen molar-refractivity contribution >= 4 is 16.7 Å². The molecule has 0 spiro atoms. The highest BCUT2D eigenvalue weighted by atomic mass is 19.4. The minimum absolute atomic E-state index is 0.0495. The van der Waals surface area contributed by atoms with Gasteiger partial charge in [-0.2, -0.15) is 26.3 Å². The van der Waals surface area contributed by atoms with Crippen LogP contribution in [-0.2, 0) is 12.4 Å². The Morgan fingerprint density at radius 1 is 0.865 bits per heavy atom. The van der Waals surface area contributed by atoms with E-state index in [0.29, 0.717) is 24.0 Å². The van der Waals surface area contributed by atoms with E-state index in [1.54, 1.807) is 17.9 Å². The normalized spacial score (nSPS) is 15.1. The molecule has 1 atom stereocenters. The number of hydrogen-bond acceptors (Lipinski definition) is 7. The van der Waals surface area contributed by atoms with Gasteiger partial charge >= 0.3 is 12.4 Å². The number of anilines is 1. The Kier molecular flexibility index (Phi) is 6.16. The van der Waals surface area contributed by atoms with E-state index < -0.39 is 35.0 Å². The summed E-state index contributed by atoms with van der Waals surface area (Å²) in [6, 6.07) is 1.74. The second-order valence-electron chi connectivity index (χ2n) is 8.75. The van der Waals surface area contributed by atoms with Gasteiger partial charge < -0.3 is 4.90 Å². The first kappa shape index (κ1) is 24.8. The van der Waals surface area contributed by atoms with Gasteiger partial charge in [0.05, 0.1) is 28.4 Å². The zero-order valence-corrected chi connectivity index (χ0v) is 19.3. The lowest BCUT2D eigenvalue weighted by Crippen LogP contribution is -2.31. The topological polar surface area (TPSA) is 80.6 Å². The molecule has 0 N–H and O–H groups in total. The van der Waals surface area contributed by atoms with Crippen LogP contribution in [0.1, 0.15) is 42.6 Å². The van der Waals surface area contributed by atoms with Crippen molar-refractivity contribution in [3.63, 3.8) is 0 Å². The van der Waals surface area contributed by atoms with Gasteiger partial charge in [-0.25, -0.2) is 24.9 Å². The first-order valence-electron chi connectivity index (χ1n) is 11.3. The first-order chi connectivity index (χ1) is 17.5. The highest BCUT2D eigenvalue weighted by molar-refractivity contribution is 5.92. The summed E-state index contributed by atoms with van der Waals surface area (Å²) in [5.74, 6) is 0.440. The molecule has 1 aliphatic carbocycles. The van der Waals surface area contributed by atoms with Gasteiger partial charge in [0, 0.05) is 36.7 Å². The molecule has 1 saturated carbocycles. The molecular formula is C24H19F6N7. The average molecular weight is 519 g/mol. The van der Waals surface area contributed by atoms with E-state index in [0.717, 1.165) is 19.2 Å². The average Bonchev–Trinajstić information content (AvgIpc) is 3.70. The van der Waals surface area contributed by atoms with Crippen LogP contribution in [0, 0.1) is 5.92 Å². The summed E-state index contributed by atoms with van der Waals surface area (Å²) >= 11 is 0. The van der Waals surface area contributed by atoms with Crippen LogP contribution in [-0.4, -0.2) is 36.4 Å². The Morgan fingerprint density at radius 2 is 1.57 bits per heavy atom. The highest BCUT2D eigenvalue weighted by Crippen LogP contribution is 2.43. The fourth-order valence-corrected chi connectivity index (χ4v) is 4.17. The molecule has 0 aliphatic heterocycles. The predicted octanol–water partition coefficient (Wildman–Crippen LogP) is 5.89. The van der Waals surface area contributed by atoms with E-state index in [1.165, 1.54) is 24.8 Å². The summed E-state index contributed by atoms with van der Waals surface area (Å²) < 4.78 is 82.4. The quantitative estimate of drug-likeness (QED) is 0.294. The van der Waals surface area contributed by atoms with E-state index in [2.05, 4.69) is 29.9 Å². The van der Waals surface area contributed by atoms with Gasteiger partial charge in [0.15, 0.2) is 5.82 Å². The van der Waals surface area contributed by atoms with E-state index >= 15 is 0 Å². The molecule has 37 heavy (non-hydrogen) atoms. The molecular weight excluding hydrogens is 500 g/mol. The molecule has 7 nitrogen and oxygen atoms in total. The van der Waals surface area contributed by atoms with Crippen molar-refractivity contribution in [2.75, 3.05) is 11.4 Å². The van der Waals surface area contributed by atoms with E-state index in [1.807, 2.05) is 0 Å². The standard InChI is InChI=1S/C24H19F6N7/c1-13(18-20(32-8-7-31-18)21-33-5-2-6-34-21)37(11-14-3-4-14)22-16-9-15(23(25,26)27)10-17(24(28,29)30)19(16)35-12-36-22/h2,5-10,12-14H,3-4,11H2,1H3. The van der Waals surface area contributed by atoms with Gasteiger partial charge in [-0.05, 0) is 43.9 Å². The molecule has 1 aliphatic rings. The van der Waals surface area contributed by atoms with Crippen molar-refractivity contribution in [3.8, 4) is 11.5 Å². The molecule has 0 saturated heterocycles. The third-order valence-corrected chi connectivity index (χ3v) is 6.14. The predicted molar refractivity (Wildman–Crippen MR) is 121 cm³/mol. The van der Waals surface area contributed by atoms with Crippen LogP contribution in [0.3, 0.4) is 0 Å². The fourth-order valence-electron chi connectivity index (χ4n) is 4.17. The lowest BCUT2D eigenvalue weighted by molar-refractivity contribution is -0.142. The van der Waals surface area contributed by atoms with Crippen LogP contribution >= 0.6 is 0 Å². The molecule has 0 radical (unpaired) electrons. The van der Waals surface area contributed by atoms with Crippen LogP contribution in [0.15, 0.2) is 49.3 Å². The summed E-state index contributed by atoms with van der Waals surface area (Å²) in [4.78, 5) is 26.8. The van der Waals surface area contributed by atoms with Gasteiger partial charge in [-0.3, -0.25) is 4.98 Å². The van der Waals surface area contributed by atoms with Crippen molar-refractivity contribution in [2.24, 2.45) is 5.92 Å². The molecule has 0 bridgehead atoms. The van der Waals surface area contributed by atoms with Crippen molar-refractivity contribution in [1.82, 2.24) is 29.9 Å². The molecule has 1 aromatic carbocycles. The summed E-state index contributed by atoms with van der Waals surface area (Å²) in [7, 11) is 0. The summed E-state index contributed by atoms with van der Waals surface area (Å²) in [5, 5.41) is -0.349. The minimum atomic E-state index is -5.05. The van der Waals surface area contributed by atoms with Crippen LogP contribution < -0.4 is 4.90 Å². The Morgan fingerprint density at radius 3 is 2.22 bits per heavy atom. The number of halogens is 6. The van der Waals surface area contributed by atoms with Gasteiger partial charge in [-0.1, -0.05) is 0 Å². The highest BCUT2D eigenvalue weighted by Gasteiger charge is 2.40. The Bertz CT molecular complexity index is 1420. The van der Waals surface area contributed by atoms with E-state index in [9.17, 15) is 26.3 Å². The summed E-state index contributed by atoms with van der Waals surface area (Å²) in [6.07, 6.45) is -1.40. The zero-order valence-electron chi connectivity index (χ0n) is 19.3. The maximum atomic E-state index is 13.8. The maximum absolute atomic E-state index is 13.8. The van der Waals surface area contributed by atoms with E-state index in [4.69, 9.17) is 0 Å². The lowest BCUT2D eigenvalue weighted by Gasteiger charge is -2.31. The molecule has 1 fully saturated rings. The number of fused-ring (bicyclic) bond motifs is 1. The second kappa shape index (κ2) is 9.20. The lowest BCUT2D eigenvalue weighted by atomic mass is 10.0. The van der Waals surface area contributed by atoms with Gasteiger partial charge in [-0.15, -0.1) is 0 Å². The van der Waals surface area contributed by atoms with Gasteiger partial charge in [0.1, 0.15) is 17.8 Å². The molecule has 4 aromatic rings. The van der Waals surface area contributed by atoms with Crippen molar-refractivity contribution in [1.29, 1.82) is 0 Å². The second-order valence-corrected chi connectivity index (χ2v) is 8.75. The third kappa shape index (κ3) is 5.02. The molecule has 192 valence electrons. The Hall–Kier alpha value is -3.90. The van der Waals surface area contributed by atoms with Crippen LogP contribution in [0.25, 0.3) is 22.4 Å². The number of nitrogens with zero attached hydrogens (tertiary/aromatic N) is 7. The van der Waals surface area contributed by atoms with Crippen LogP contribution in [0.4, 0.5) is 32.2 Å². The molecule has 3 aromatic heterocycles. The number of hydrogen-bond donors (Lipinski definition) is 0.